The molecule has 0 saturated carbocycles. The van der Waals surface area contributed by atoms with E-state index in [1.54, 1.807) is 60.6 Å². The van der Waals surface area contributed by atoms with Crippen molar-refractivity contribution in [3.8, 4) is 17.2 Å². The van der Waals surface area contributed by atoms with Crippen LogP contribution in [0.15, 0.2) is 48.5 Å². The summed E-state index contributed by atoms with van der Waals surface area (Å²) >= 11 is 0. The van der Waals surface area contributed by atoms with E-state index in [0.717, 1.165) is 0 Å². The van der Waals surface area contributed by atoms with Crippen LogP contribution >= 0.6 is 0 Å². The Morgan fingerprint density at radius 2 is 1.84 bits per heavy atom. The molecule has 1 atom stereocenters. The van der Waals surface area contributed by atoms with Gasteiger partial charge in [-0.3, -0.25) is 9.59 Å². The van der Waals surface area contributed by atoms with Crippen LogP contribution in [-0.4, -0.2) is 45.7 Å². The second-order valence-corrected chi connectivity index (χ2v) is 6.79. The number of carbonyl (C=O) groups is 3. The van der Waals surface area contributed by atoms with Gasteiger partial charge >= 0.3 is 11.9 Å². The van der Waals surface area contributed by atoms with Crippen LogP contribution < -0.4 is 19.1 Å². The lowest BCUT2D eigenvalue weighted by atomic mass is 10.1. The maximum Gasteiger partial charge on any atom is 0.330 e. The van der Waals surface area contributed by atoms with Gasteiger partial charge in [-0.1, -0.05) is 12.1 Å². The Hall–Kier alpha value is -3.81. The number of amides is 1. The zero-order valence-corrected chi connectivity index (χ0v) is 17.5. The fourth-order valence-electron chi connectivity index (χ4n) is 3.19. The topological polar surface area (TPSA) is 91.4 Å². The number of hydrogen-bond acceptors (Lipinski definition) is 7. The number of carbonyl (C=O) groups excluding carboxylic acids is 3. The molecule has 1 heterocycles. The van der Waals surface area contributed by atoms with Gasteiger partial charge in [-0.05, 0) is 35.9 Å². The third kappa shape index (κ3) is 5.22. The molecule has 0 N–H and O–H groups in total. The lowest BCUT2D eigenvalue weighted by Gasteiger charge is -2.17. The molecule has 1 aliphatic heterocycles. The van der Waals surface area contributed by atoms with Crippen molar-refractivity contribution in [1.29, 1.82) is 0 Å². The van der Waals surface area contributed by atoms with E-state index < -0.39 is 17.9 Å². The predicted molar refractivity (Wildman–Crippen MR) is 113 cm³/mol. The van der Waals surface area contributed by atoms with Gasteiger partial charge in [0.05, 0.1) is 27.2 Å². The number of benzene rings is 2. The number of methoxy groups -OCH3 is 3. The lowest BCUT2D eigenvalue weighted by Crippen LogP contribution is -2.27. The molecular weight excluding hydrogens is 402 g/mol. The van der Waals surface area contributed by atoms with E-state index in [9.17, 15) is 14.4 Å². The van der Waals surface area contributed by atoms with Gasteiger partial charge in [-0.15, -0.1) is 0 Å². The first kappa shape index (κ1) is 21.9. The summed E-state index contributed by atoms with van der Waals surface area (Å²) in [6.45, 7) is 0.215. The first-order chi connectivity index (χ1) is 14.9. The van der Waals surface area contributed by atoms with Crippen LogP contribution in [0.2, 0.25) is 0 Å². The summed E-state index contributed by atoms with van der Waals surface area (Å²) in [5.74, 6) is -0.588. The fourth-order valence-corrected chi connectivity index (χ4v) is 3.19. The Labute approximate surface area is 180 Å². The second kappa shape index (κ2) is 9.80. The second-order valence-electron chi connectivity index (χ2n) is 6.79. The molecule has 2 aromatic rings. The Kier molecular flexibility index (Phi) is 6.92. The summed E-state index contributed by atoms with van der Waals surface area (Å²) < 4.78 is 20.6. The van der Waals surface area contributed by atoms with E-state index in [1.165, 1.54) is 20.3 Å². The van der Waals surface area contributed by atoms with E-state index >= 15 is 0 Å². The molecule has 3 rings (SSSR count). The molecule has 0 aromatic heterocycles. The quantitative estimate of drug-likeness (QED) is 0.383. The van der Waals surface area contributed by atoms with Crippen molar-refractivity contribution < 1.29 is 33.3 Å². The first-order valence-electron chi connectivity index (χ1n) is 9.55. The van der Waals surface area contributed by atoms with Crippen molar-refractivity contribution in [2.75, 3.05) is 32.8 Å². The highest BCUT2D eigenvalue weighted by Crippen LogP contribution is 2.32. The van der Waals surface area contributed by atoms with Crippen LogP contribution in [0.3, 0.4) is 0 Å². The minimum atomic E-state index is -0.609. The molecule has 0 aliphatic carbocycles. The molecule has 1 saturated heterocycles. The maximum atomic E-state index is 12.7. The smallest absolute Gasteiger partial charge is 0.330 e. The van der Waals surface area contributed by atoms with Crippen molar-refractivity contribution >= 4 is 29.6 Å². The van der Waals surface area contributed by atoms with Crippen molar-refractivity contribution in [3.63, 3.8) is 0 Å². The van der Waals surface area contributed by atoms with Crippen LogP contribution in [0, 0.1) is 5.92 Å². The highest BCUT2D eigenvalue weighted by molar-refractivity contribution is 6.00. The summed E-state index contributed by atoms with van der Waals surface area (Å²) in [5, 5.41) is 0. The number of rotatable bonds is 7. The Bertz CT molecular complexity index is 1010. The molecular formula is C23H23NO7. The average molecular weight is 425 g/mol. The normalized spacial score (nSPS) is 15.8. The number of nitrogens with zero attached hydrogens (tertiary/aromatic N) is 1. The third-order valence-corrected chi connectivity index (χ3v) is 4.83. The predicted octanol–water partition coefficient (Wildman–Crippen LogP) is 2.85. The van der Waals surface area contributed by atoms with E-state index in [0.29, 0.717) is 22.7 Å². The molecule has 0 spiro atoms. The standard InChI is InChI=1S/C23H23NO7/c1-28-18-6-4-5-17(13-18)24-14-16(12-21(24)25)23(27)31-19-9-7-15(11-20(19)29-2)8-10-22(26)30-3/h4-11,13,16H,12,14H2,1-3H3/b10-8+. The zero-order chi connectivity index (χ0) is 22.4. The number of ether oxygens (including phenoxy) is 4. The van der Waals surface area contributed by atoms with E-state index in [-0.39, 0.29) is 24.6 Å². The summed E-state index contributed by atoms with van der Waals surface area (Å²) in [7, 11) is 4.29. The van der Waals surface area contributed by atoms with Crippen LogP contribution in [0.25, 0.3) is 6.08 Å². The van der Waals surface area contributed by atoms with Gasteiger partial charge in [-0.2, -0.15) is 0 Å². The van der Waals surface area contributed by atoms with Crippen molar-refractivity contribution in [2.45, 2.75) is 6.42 Å². The highest BCUT2D eigenvalue weighted by atomic mass is 16.6. The minimum Gasteiger partial charge on any atom is -0.497 e. The molecule has 162 valence electrons. The Morgan fingerprint density at radius 3 is 2.55 bits per heavy atom. The lowest BCUT2D eigenvalue weighted by molar-refractivity contribution is -0.139. The van der Waals surface area contributed by atoms with E-state index in [4.69, 9.17) is 14.2 Å². The number of esters is 2. The molecule has 31 heavy (non-hydrogen) atoms. The van der Waals surface area contributed by atoms with E-state index in [1.807, 2.05) is 0 Å². The molecule has 1 aliphatic rings. The number of anilines is 1. The minimum absolute atomic E-state index is 0.0539. The SMILES string of the molecule is COC(=O)/C=C/c1ccc(OC(=O)C2CC(=O)N(c3cccc(OC)c3)C2)c(OC)c1. The van der Waals surface area contributed by atoms with Crippen LogP contribution in [0.4, 0.5) is 5.69 Å². The van der Waals surface area contributed by atoms with Gasteiger partial charge in [-0.25, -0.2) is 4.79 Å². The van der Waals surface area contributed by atoms with Gasteiger partial charge in [0.25, 0.3) is 0 Å². The number of hydrogen-bond donors (Lipinski definition) is 0. The van der Waals surface area contributed by atoms with Crippen molar-refractivity contribution in [1.82, 2.24) is 0 Å². The van der Waals surface area contributed by atoms with Crippen LogP contribution in [0.5, 0.6) is 17.2 Å². The molecule has 0 bridgehead atoms. The van der Waals surface area contributed by atoms with Crippen molar-refractivity contribution in [2.24, 2.45) is 5.92 Å². The Balaban J connectivity index is 1.70. The molecule has 0 radical (unpaired) electrons. The molecule has 1 unspecified atom stereocenters. The summed E-state index contributed by atoms with van der Waals surface area (Å²) in [5.41, 5.74) is 1.33. The first-order valence-corrected chi connectivity index (χ1v) is 9.55. The van der Waals surface area contributed by atoms with Crippen molar-refractivity contribution in [3.05, 3.63) is 54.1 Å². The average Bonchev–Trinajstić information content (AvgIpc) is 3.19. The van der Waals surface area contributed by atoms with Gasteiger partial charge in [0, 0.05) is 30.8 Å². The third-order valence-electron chi connectivity index (χ3n) is 4.83. The highest BCUT2D eigenvalue weighted by Gasteiger charge is 2.36. The maximum absolute atomic E-state index is 12.7. The summed E-state index contributed by atoms with van der Waals surface area (Å²) in [4.78, 5) is 38.0. The largest absolute Gasteiger partial charge is 0.497 e. The molecule has 2 aromatic carbocycles. The zero-order valence-electron chi connectivity index (χ0n) is 17.5. The fraction of sp³-hybridized carbons (Fsp3) is 0.261. The molecule has 1 fully saturated rings. The monoisotopic (exact) mass is 425 g/mol. The Morgan fingerprint density at radius 1 is 1.03 bits per heavy atom. The molecule has 8 heteroatoms. The summed E-state index contributed by atoms with van der Waals surface area (Å²) in [6, 6.07) is 12.0. The van der Waals surface area contributed by atoms with Gasteiger partial charge in [0.1, 0.15) is 5.75 Å². The van der Waals surface area contributed by atoms with Crippen LogP contribution in [0.1, 0.15) is 12.0 Å². The van der Waals surface area contributed by atoms with Crippen LogP contribution in [-0.2, 0) is 19.1 Å². The van der Waals surface area contributed by atoms with Gasteiger partial charge < -0.3 is 23.8 Å². The summed E-state index contributed by atoms with van der Waals surface area (Å²) in [6.07, 6.45) is 2.89. The molecule has 1 amide bonds. The van der Waals surface area contributed by atoms with Gasteiger partial charge in [0.15, 0.2) is 11.5 Å². The van der Waals surface area contributed by atoms with Gasteiger partial charge in [0.2, 0.25) is 5.91 Å². The van der Waals surface area contributed by atoms with E-state index in [2.05, 4.69) is 4.74 Å². The molecule has 8 nitrogen and oxygen atoms in total.